The lowest BCUT2D eigenvalue weighted by Crippen LogP contribution is -2.42. The number of fused-ring (bicyclic) bond motifs is 1. The Hall–Kier alpha value is -1.29. The maximum atomic E-state index is 11.7. The zero-order chi connectivity index (χ0) is 22.0. The van der Waals surface area contributed by atoms with E-state index in [1.54, 1.807) is 0 Å². The van der Waals surface area contributed by atoms with Crippen LogP contribution in [0.5, 0.6) is 0 Å². The van der Waals surface area contributed by atoms with Crippen LogP contribution in [0.25, 0.3) is 0 Å². The molecule has 1 N–H and O–H groups in total. The van der Waals surface area contributed by atoms with Crippen LogP contribution in [0, 0.1) is 0 Å². The average molecular weight is 423 g/mol. The molecule has 0 aromatic heterocycles. The predicted octanol–water partition coefficient (Wildman–Crippen LogP) is 2.55. The lowest BCUT2D eigenvalue weighted by Gasteiger charge is -2.30. The molecule has 172 valence electrons. The van der Waals surface area contributed by atoms with Gasteiger partial charge in [-0.1, -0.05) is 13.8 Å². The van der Waals surface area contributed by atoms with Crippen molar-refractivity contribution >= 4 is 12.1 Å². The number of carbonyl (C=O) groups excluding carboxylic acids is 2. The van der Waals surface area contributed by atoms with Crippen molar-refractivity contribution in [1.29, 1.82) is 0 Å². The molecule has 0 atom stereocenters. The van der Waals surface area contributed by atoms with Crippen LogP contribution >= 0.6 is 0 Å². The molecule has 2 fully saturated rings. The van der Waals surface area contributed by atoms with Crippen LogP contribution in [-0.2, 0) is 23.7 Å². The zero-order valence-corrected chi connectivity index (χ0v) is 18.5. The van der Waals surface area contributed by atoms with Crippen LogP contribution in [0.4, 0.5) is 9.18 Å². The minimum absolute atomic E-state index is 0.0547. The van der Waals surface area contributed by atoms with Crippen molar-refractivity contribution in [2.24, 2.45) is 0 Å². The van der Waals surface area contributed by atoms with E-state index >= 15 is 0 Å². The van der Waals surface area contributed by atoms with Gasteiger partial charge in [0.05, 0.1) is 46.6 Å². The predicted molar refractivity (Wildman–Crippen MR) is 109 cm³/mol. The van der Waals surface area contributed by atoms with Gasteiger partial charge in [-0.25, -0.2) is 4.79 Å². The maximum Gasteiger partial charge on any atom is 0.406 e. The van der Waals surface area contributed by atoms with E-state index in [-0.39, 0.29) is 19.6 Å². The highest BCUT2D eigenvalue weighted by molar-refractivity contribution is 5.67. The van der Waals surface area contributed by atoms with Gasteiger partial charge in [0.1, 0.15) is 0 Å². The van der Waals surface area contributed by atoms with Crippen molar-refractivity contribution in [2.75, 3.05) is 66.9 Å². The second-order valence-electron chi connectivity index (χ2n) is 6.60. The minimum Gasteiger partial charge on any atom is -0.453 e. The van der Waals surface area contributed by atoms with Crippen LogP contribution in [0.1, 0.15) is 46.0 Å². The molecule has 9 heteroatoms. The highest BCUT2D eigenvalue weighted by Crippen LogP contribution is 2.38. The van der Waals surface area contributed by atoms with Crippen molar-refractivity contribution < 1.29 is 32.9 Å². The summed E-state index contributed by atoms with van der Waals surface area (Å²) in [6, 6.07) is -1.39. The fourth-order valence-electron chi connectivity index (χ4n) is 3.50. The molecule has 0 saturated carbocycles. The van der Waals surface area contributed by atoms with E-state index in [0.29, 0.717) is 25.3 Å². The first-order chi connectivity index (χ1) is 14.0. The number of ether oxygens (including phenoxy) is 4. The summed E-state index contributed by atoms with van der Waals surface area (Å²) in [5, 5.41) is 2.43. The van der Waals surface area contributed by atoms with Crippen molar-refractivity contribution in [1.82, 2.24) is 10.2 Å². The van der Waals surface area contributed by atoms with Gasteiger partial charge in [-0.3, -0.25) is 9.69 Å². The van der Waals surface area contributed by atoms with Gasteiger partial charge in [-0.2, -0.15) is 4.39 Å². The van der Waals surface area contributed by atoms with Gasteiger partial charge in [0, 0.05) is 19.2 Å². The fourth-order valence-corrected chi connectivity index (χ4v) is 3.50. The highest BCUT2D eigenvalue weighted by Gasteiger charge is 2.43. The Morgan fingerprint density at radius 1 is 1.00 bits per heavy atom. The Kier molecular flexibility index (Phi) is 16.8. The Morgan fingerprint density at radius 2 is 1.59 bits per heavy atom. The normalized spacial score (nSPS) is 16.7. The zero-order valence-electron chi connectivity index (χ0n) is 18.5. The molecule has 1 amide bonds. The Labute approximate surface area is 174 Å². The van der Waals surface area contributed by atoms with E-state index in [9.17, 15) is 14.0 Å². The number of carbonyl (C=O) groups is 2. The van der Waals surface area contributed by atoms with Crippen LogP contribution in [0.2, 0.25) is 0 Å². The summed E-state index contributed by atoms with van der Waals surface area (Å²) in [6.07, 6.45) is 4.74. The summed E-state index contributed by atoms with van der Waals surface area (Å²) in [4.78, 5) is 23.1. The standard InChI is InChI=1S/C9H16FNO5.C9H17NO.C2H6/c1-14-9(13)11-3-5-16-7-6-15-4-2-8(10)12;1-11-8-9-4-2-6-10(9)7-3-5-9;1-2/h2-7H2,1H3,(H,11,13);2-8H2,1H3;1-2H3. The SMILES string of the molecule is CC.COC(=O)NCCOCCOCCC(=O)F.COCC12CCCN1CCC2. The Morgan fingerprint density at radius 3 is 2.10 bits per heavy atom. The number of rotatable bonds is 11. The van der Waals surface area contributed by atoms with Gasteiger partial charge in [-0.05, 0) is 38.8 Å². The van der Waals surface area contributed by atoms with Gasteiger partial charge in [0.25, 0.3) is 0 Å². The van der Waals surface area contributed by atoms with Crippen LogP contribution in [0.3, 0.4) is 0 Å². The third kappa shape index (κ3) is 12.1. The van der Waals surface area contributed by atoms with E-state index in [4.69, 9.17) is 14.2 Å². The number of amides is 1. The summed E-state index contributed by atoms with van der Waals surface area (Å²) in [5.41, 5.74) is 0.467. The molecule has 0 unspecified atom stereocenters. The molecule has 0 aliphatic carbocycles. The lowest BCUT2D eigenvalue weighted by molar-refractivity contribution is -0.130. The average Bonchev–Trinajstić information content (AvgIpc) is 3.28. The van der Waals surface area contributed by atoms with E-state index in [0.717, 1.165) is 6.61 Å². The molecule has 8 nitrogen and oxygen atoms in total. The largest absolute Gasteiger partial charge is 0.453 e. The summed E-state index contributed by atoms with van der Waals surface area (Å²) in [6.45, 7) is 8.91. The summed E-state index contributed by atoms with van der Waals surface area (Å²) in [5.74, 6) is 0. The first kappa shape index (κ1) is 27.7. The summed E-state index contributed by atoms with van der Waals surface area (Å²) in [7, 11) is 3.10. The number of nitrogens with one attached hydrogen (secondary N) is 1. The second-order valence-corrected chi connectivity index (χ2v) is 6.60. The van der Waals surface area contributed by atoms with Crippen molar-refractivity contribution in [3.8, 4) is 0 Å². The first-order valence-corrected chi connectivity index (χ1v) is 10.4. The van der Waals surface area contributed by atoms with Crippen molar-refractivity contribution in [3.63, 3.8) is 0 Å². The molecule has 0 bridgehead atoms. The molecule has 0 spiro atoms. The summed E-state index contributed by atoms with van der Waals surface area (Å²) < 4.78 is 31.3. The van der Waals surface area contributed by atoms with E-state index in [1.165, 1.54) is 45.9 Å². The minimum atomic E-state index is -1.39. The topological polar surface area (TPSA) is 86.3 Å². The number of halogens is 1. The lowest BCUT2D eigenvalue weighted by atomic mass is 9.95. The first-order valence-electron chi connectivity index (χ1n) is 10.4. The maximum absolute atomic E-state index is 11.7. The van der Waals surface area contributed by atoms with Gasteiger partial charge < -0.3 is 24.3 Å². The molecule has 2 heterocycles. The van der Waals surface area contributed by atoms with Gasteiger partial charge >= 0.3 is 12.1 Å². The van der Waals surface area contributed by atoms with Crippen LogP contribution in [0.15, 0.2) is 0 Å². The molecule has 2 rings (SSSR count). The molecule has 29 heavy (non-hydrogen) atoms. The number of nitrogens with zero attached hydrogens (tertiary/aromatic N) is 1. The molecule has 2 aliphatic heterocycles. The smallest absolute Gasteiger partial charge is 0.406 e. The number of alkyl carbamates (subject to hydrolysis) is 1. The van der Waals surface area contributed by atoms with Crippen molar-refractivity contribution in [3.05, 3.63) is 0 Å². The number of hydrogen-bond donors (Lipinski definition) is 1. The second kappa shape index (κ2) is 17.6. The molecule has 0 radical (unpaired) electrons. The Balaban J connectivity index is 0.000000520. The van der Waals surface area contributed by atoms with Gasteiger partial charge in [0.15, 0.2) is 0 Å². The molecule has 2 saturated heterocycles. The monoisotopic (exact) mass is 422 g/mol. The quantitative estimate of drug-likeness (QED) is 0.404. The van der Waals surface area contributed by atoms with Crippen LogP contribution < -0.4 is 5.32 Å². The number of hydrogen-bond acceptors (Lipinski definition) is 7. The number of methoxy groups -OCH3 is 2. The van der Waals surface area contributed by atoms with E-state index in [1.807, 2.05) is 21.0 Å². The molecule has 0 aromatic carbocycles. The van der Waals surface area contributed by atoms with Crippen molar-refractivity contribution in [2.45, 2.75) is 51.5 Å². The third-order valence-corrected chi connectivity index (χ3v) is 4.74. The molecular weight excluding hydrogens is 383 g/mol. The Bertz CT molecular complexity index is 429. The fraction of sp³-hybridized carbons (Fsp3) is 0.900. The summed E-state index contributed by atoms with van der Waals surface area (Å²) >= 11 is 0. The van der Waals surface area contributed by atoms with E-state index in [2.05, 4.69) is 15.0 Å². The molecule has 0 aromatic rings. The highest BCUT2D eigenvalue weighted by atomic mass is 19.1. The third-order valence-electron chi connectivity index (χ3n) is 4.74. The van der Waals surface area contributed by atoms with Crippen LogP contribution in [-0.4, -0.2) is 89.5 Å². The molecular formula is C20H39FN2O6. The molecule has 2 aliphatic rings. The van der Waals surface area contributed by atoms with Gasteiger partial charge in [-0.15, -0.1) is 0 Å². The van der Waals surface area contributed by atoms with E-state index < -0.39 is 12.1 Å². The van der Waals surface area contributed by atoms with Gasteiger partial charge in [0.2, 0.25) is 0 Å².